The maximum absolute atomic E-state index is 5.24. The average Bonchev–Trinajstić information content (AvgIpc) is 2.17. The Labute approximate surface area is 86.7 Å². The number of aryl methyl sites for hydroxylation is 1. The summed E-state index contributed by atoms with van der Waals surface area (Å²) < 4.78 is 0. The molecule has 74 valence electrons. The molecule has 0 heterocycles. The van der Waals surface area contributed by atoms with Gasteiger partial charge in [0, 0.05) is 6.54 Å². The topological polar surface area (TPSA) is 3.24 Å². The second kappa shape index (κ2) is 5.47. The van der Waals surface area contributed by atoms with E-state index in [4.69, 9.17) is 6.42 Å². The molecule has 0 saturated heterocycles. The maximum Gasteiger partial charge on any atom is 0.0596 e. The second-order valence-corrected chi connectivity index (χ2v) is 3.62. The Morgan fingerprint density at radius 2 is 2.07 bits per heavy atom. The van der Waals surface area contributed by atoms with Crippen molar-refractivity contribution in [3.05, 3.63) is 35.4 Å². The summed E-state index contributed by atoms with van der Waals surface area (Å²) in [4.78, 5) is 2.16. The monoisotopic (exact) mass is 187 g/mol. The fourth-order valence-corrected chi connectivity index (χ4v) is 1.44. The highest BCUT2D eigenvalue weighted by molar-refractivity contribution is 5.25. The van der Waals surface area contributed by atoms with Gasteiger partial charge in [0.15, 0.2) is 0 Å². The molecule has 14 heavy (non-hydrogen) atoms. The van der Waals surface area contributed by atoms with Crippen molar-refractivity contribution in [1.29, 1.82) is 0 Å². The van der Waals surface area contributed by atoms with Crippen LogP contribution in [-0.4, -0.2) is 25.0 Å². The molecule has 0 bridgehead atoms. The molecule has 0 aliphatic rings. The lowest BCUT2D eigenvalue weighted by molar-refractivity contribution is 0.380. The Hall–Kier alpha value is -1.26. The van der Waals surface area contributed by atoms with Gasteiger partial charge in [-0.3, -0.25) is 4.90 Å². The van der Waals surface area contributed by atoms with Crippen molar-refractivity contribution in [2.24, 2.45) is 0 Å². The van der Waals surface area contributed by atoms with Crippen molar-refractivity contribution < 1.29 is 0 Å². The summed E-state index contributed by atoms with van der Waals surface area (Å²) in [5.41, 5.74) is 2.78. The average molecular weight is 187 g/mol. The first-order valence-electron chi connectivity index (χ1n) is 4.90. The van der Waals surface area contributed by atoms with Crippen molar-refractivity contribution in [3.8, 4) is 12.3 Å². The van der Waals surface area contributed by atoms with Crippen LogP contribution in [0.5, 0.6) is 0 Å². The SMILES string of the molecule is C#CCN(C)CCc1ccccc1C. The highest BCUT2D eigenvalue weighted by atomic mass is 15.1. The van der Waals surface area contributed by atoms with Crippen LogP contribution in [0.25, 0.3) is 0 Å². The molecule has 0 fully saturated rings. The Bertz CT molecular complexity index is 322. The van der Waals surface area contributed by atoms with E-state index in [1.54, 1.807) is 0 Å². The Balaban J connectivity index is 2.46. The molecule has 0 aliphatic heterocycles. The van der Waals surface area contributed by atoms with Crippen molar-refractivity contribution in [1.82, 2.24) is 4.90 Å². The van der Waals surface area contributed by atoms with Crippen LogP contribution in [-0.2, 0) is 6.42 Å². The van der Waals surface area contributed by atoms with Gasteiger partial charge in [-0.1, -0.05) is 30.2 Å². The van der Waals surface area contributed by atoms with E-state index in [0.29, 0.717) is 0 Å². The number of terminal acetylenes is 1. The third kappa shape index (κ3) is 3.24. The molecule has 0 aliphatic carbocycles. The highest BCUT2D eigenvalue weighted by Crippen LogP contribution is 2.07. The summed E-state index contributed by atoms with van der Waals surface area (Å²) in [5.74, 6) is 2.64. The Morgan fingerprint density at radius 1 is 1.36 bits per heavy atom. The van der Waals surface area contributed by atoms with Gasteiger partial charge in [-0.25, -0.2) is 0 Å². The van der Waals surface area contributed by atoms with Gasteiger partial charge in [-0.05, 0) is 31.5 Å². The molecule has 0 radical (unpaired) electrons. The van der Waals surface area contributed by atoms with Crippen LogP contribution in [0.1, 0.15) is 11.1 Å². The third-order valence-electron chi connectivity index (χ3n) is 2.39. The summed E-state index contributed by atoms with van der Waals surface area (Å²) in [7, 11) is 2.05. The van der Waals surface area contributed by atoms with Gasteiger partial charge in [0.1, 0.15) is 0 Å². The van der Waals surface area contributed by atoms with Crippen LogP contribution >= 0.6 is 0 Å². The van der Waals surface area contributed by atoms with Gasteiger partial charge in [-0.15, -0.1) is 6.42 Å². The van der Waals surface area contributed by atoms with Gasteiger partial charge >= 0.3 is 0 Å². The summed E-state index contributed by atoms with van der Waals surface area (Å²) in [6, 6.07) is 8.49. The van der Waals surface area contributed by atoms with Crippen LogP contribution in [0.4, 0.5) is 0 Å². The van der Waals surface area contributed by atoms with E-state index in [0.717, 1.165) is 19.5 Å². The molecule has 0 saturated carbocycles. The lowest BCUT2D eigenvalue weighted by Crippen LogP contribution is -2.21. The first-order valence-corrected chi connectivity index (χ1v) is 4.90. The highest BCUT2D eigenvalue weighted by Gasteiger charge is 1.99. The van der Waals surface area contributed by atoms with E-state index in [2.05, 4.69) is 49.1 Å². The van der Waals surface area contributed by atoms with E-state index in [1.165, 1.54) is 11.1 Å². The molecule has 0 N–H and O–H groups in total. The Morgan fingerprint density at radius 3 is 2.71 bits per heavy atom. The lowest BCUT2D eigenvalue weighted by atomic mass is 10.1. The minimum Gasteiger partial charge on any atom is -0.295 e. The van der Waals surface area contributed by atoms with Crippen LogP contribution in [0, 0.1) is 19.3 Å². The van der Waals surface area contributed by atoms with Crippen molar-refractivity contribution >= 4 is 0 Å². The molecular weight excluding hydrogens is 170 g/mol. The molecule has 0 spiro atoms. The number of rotatable bonds is 4. The number of likely N-dealkylation sites (N-methyl/N-ethyl adjacent to an activating group) is 1. The standard InChI is InChI=1S/C13H17N/c1-4-10-14(3)11-9-13-8-6-5-7-12(13)2/h1,5-8H,9-11H2,2-3H3. The van der Waals surface area contributed by atoms with E-state index in [9.17, 15) is 0 Å². The van der Waals surface area contributed by atoms with Crippen LogP contribution in [0.15, 0.2) is 24.3 Å². The fraction of sp³-hybridized carbons (Fsp3) is 0.385. The van der Waals surface area contributed by atoms with Crippen LogP contribution in [0.3, 0.4) is 0 Å². The molecule has 1 rings (SSSR count). The molecule has 1 aromatic carbocycles. The smallest absolute Gasteiger partial charge is 0.0596 e. The first-order chi connectivity index (χ1) is 6.74. The van der Waals surface area contributed by atoms with E-state index >= 15 is 0 Å². The molecule has 0 unspecified atom stereocenters. The van der Waals surface area contributed by atoms with Crippen LogP contribution < -0.4 is 0 Å². The van der Waals surface area contributed by atoms with E-state index in [1.807, 2.05) is 0 Å². The predicted molar refractivity (Wildman–Crippen MR) is 61.2 cm³/mol. The molecule has 1 heteroatoms. The molecule has 0 atom stereocenters. The zero-order valence-corrected chi connectivity index (χ0v) is 8.96. The van der Waals surface area contributed by atoms with E-state index in [-0.39, 0.29) is 0 Å². The number of hydrogen-bond acceptors (Lipinski definition) is 1. The number of nitrogens with zero attached hydrogens (tertiary/aromatic N) is 1. The molecule has 0 amide bonds. The lowest BCUT2D eigenvalue weighted by Gasteiger charge is -2.13. The zero-order chi connectivity index (χ0) is 10.4. The third-order valence-corrected chi connectivity index (χ3v) is 2.39. The van der Waals surface area contributed by atoms with Crippen molar-refractivity contribution in [2.45, 2.75) is 13.3 Å². The van der Waals surface area contributed by atoms with Crippen LogP contribution in [0.2, 0.25) is 0 Å². The maximum atomic E-state index is 5.24. The molecule has 1 nitrogen and oxygen atoms in total. The number of hydrogen-bond donors (Lipinski definition) is 0. The summed E-state index contributed by atoms with van der Waals surface area (Å²) in [6.45, 7) is 3.90. The molecule has 1 aromatic rings. The minimum absolute atomic E-state index is 0.728. The summed E-state index contributed by atoms with van der Waals surface area (Å²) in [6.07, 6.45) is 6.31. The van der Waals surface area contributed by atoms with Gasteiger partial charge in [0.25, 0.3) is 0 Å². The largest absolute Gasteiger partial charge is 0.295 e. The number of benzene rings is 1. The van der Waals surface area contributed by atoms with Crippen molar-refractivity contribution in [2.75, 3.05) is 20.1 Å². The normalized spacial score (nSPS) is 10.1. The van der Waals surface area contributed by atoms with E-state index < -0.39 is 0 Å². The predicted octanol–water partition coefficient (Wildman–Crippen LogP) is 2.10. The van der Waals surface area contributed by atoms with Gasteiger partial charge in [0.2, 0.25) is 0 Å². The minimum atomic E-state index is 0.728. The summed E-state index contributed by atoms with van der Waals surface area (Å²) in [5, 5.41) is 0. The second-order valence-electron chi connectivity index (χ2n) is 3.62. The zero-order valence-electron chi connectivity index (χ0n) is 8.96. The van der Waals surface area contributed by atoms with Gasteiger partial charge in [-0.2, -0.15) is 0 Å². The molecular formula is C13H17N. The van der Waals surface area contributed by atoms with Gasteiger partial charge < -0.3 is 0 Å². The molecule has 0 aromatic heterocycles. The summed E-state index contributed by atoms with van der Waals surface area (Å²) >= 11 is 0. The Kier molecular flexibility index (Phi) is 4.22. The quantitative estimate of drug-likeness (QED) is 0.652. The first kappa shape index (κ1) is 10.8. The van der Waals surface area contributed by atoms with Gasteiger partial charge in [0.05, 0.1) is 6.54 Å². The fourth-order valence-electron chi connectivity index (χ4n) is 1.44. The van der Waals surface area contributed by atoms with Crippen molar-refractivity contribution in [3.63, 3.8) is 0 Å².